The van der Waals surface area contributed by atoms with Gasteiger partial charge in [0.25, 0.3) is 0 Å². The van der Waals surface area contributed by atoms with E-state index < -0.39 is 11.9 Å². The molecule has 1 aliphatic heterocycles. The molecule has 1 aliphatic carbocycles. The number of Topliss-reactive ketones (excluding diaryl/α,β-unsaturated/α-hetero) is 1. The molecule has 2 heterocycles. The first kappa shape index (κ1) is 17.5. The lowest BCUT2D eigenvalue weighted by Gasteiger charge is -2.34. The SMILES string of the molecule is COC(=O)C1=C(N)OC2=C(C(=O)C[C@H](c3ccccc3)C2)[C@H]1c1cccs1. The van der Waals surface area contributed by atoms with Crippen molar-refractivity contribution >= 4 is 23.1 Å². The van der Waals surface area contributed by atoms with Gasteiger partial charge in [0.1, 0.15) is 11.3 Å². The van der Waals surface area contributed by atoms with E-state index in [0.29, 0.717) is 24.2 Å². The van der Waals surface area contributed by atoms with Crippen LogP contribution < -0.4 is 5.73 Å². The maximum atomic E-state index is 13.1. The van der Waals surface area contributed by atoms with Crippen molar-refractivity contribution in [3.05, 3.63) is 81.1 Å². The van der Waals surface area contributed by atoms with Gasteiger partial charge in [-0.3, -0.25) is 4.79 Å². The van der Waals surface area contributed by atoms with Crippen LogP contribution in [0, 0.1) is 0 Å². The van der Waals surface area contributed by atoms with Gasteiger partial charge in [0.2, 0.25) is 5.88 Å². The molecule has 1 aromatic heterocycles. The Hall–Kier alpha value is -2.86. The van der Waals surface area contributed by atoms with Gasteiger partial charge >= 0.3 is 5.97 Å². The van der Waals surface area contributed by atoms with Gasteiger partial charge in [-0.15, -0.1) is 11.3 Å². The molecule has 0 radical (unpaired) electrons. The fourth-order valence-electron chi connectivity index (χ4n) is 3.82. The predicted octanol–water partition coefficient (Wildman–Crippen LogP) is 3.61. The number of ether oxygens (including phenoxy) is 2. The van der Waals surface area contributed by atoms with Crippen molar-refractivity contribution < 1.29 is 19.1 Å². The molecule has 2 aliphatic rings. The fourth-order valence-corrected chi connectivity index (χ4v) is 4.66. The molecule has 6 heteroatoms. The van der Waals surface area contributed by atoms with Gasteiger partial charge in [-0.2, -0.15) is 0 Å². The van der Waals surface area contributed by atoms with E-state index in [1.807, 2.05) is 47.8 Å². The summed E-state index contributed by atoms with van der Waals surface area (Å²) in [6.45, 7) is 0. The summed E-state index contributed by atoms with van der Waals surface area (Å²) in [6, 6.07) is 13.7. The van der Waals surface area contributed by atoms with Crippen molar-refractivity contribution in [1.29, 1.82) is 0 Å². The smallest absolute Gasteiger partial charge is 0.340 e. The van der Waals surface area contributed by atoms with Crippen LogP contribution in [0.5, 0.6) is 0 Å². The minimum Gasteiger partial charge on any atom is -0.465 e. The standard InChI is InChI=1S/C21H19NO4S/c1-25-21(24)19-18(16-8-5-9-27-16)17-14(23)10-13(11-15(17)26-20(19)22)12-6-3-2-4-7-12/h2-9,13,18H,10-11,22H2,1H3/t13-,18+/m0/s1. The van der Waals surface area contributed by atoms with Gasteiger partial charge in [-0.05, 0) is 22.9 Å². The Balaban J connectivity index is 1.79. The van der Waals surface area contributed by atoms with E-state index in [9.17, 15) is 9.59 Å². The molecule has 2 aromatic rings. The Labute approximate surface area is 161 Å². The number of allylic oxidation sites excluding steroid dienone is 2. The largest absolute Gasteiger partial charge is 0.465 e. The van der Waals surface area contributed by atoms with Crippen LogP contribution in [0.25, 0.3) is 0 Å². The number of hydrogen-bond acceptors (Lipinski definition) is 6. The lowest BCUT2D eigenvalue weighted by atomic mass is 9.75. The number of ketones is 1. The number of carbonyl (C=O) groups is 2. The average molecular weight is 381 g/mol. The van der Waals surface area contributed by atoms with Crippen LogP contribution in [-0.4, -0.2) is 18.9 Å². The highest BCUT2D eigenvalue weighted by Gasteiger charge is 2.43. The van der Waals surface area contributed by atoms with Crippen LogP contribution in [0.15, 0.2) is 70.6 Å². The van der Waals surface area contributed by atoms with Crippen molar-refractivity contribution in [2.24, 2.45) is 5.73 Å². The number of carbonyl (C=O) groups excluding carboxylic acids is 2. The van der Waals surface area contributed by atoms with E-state index in [1.165, 1.54) is 18.4 Å². The maximum Gasteiger partial charge on any atom is 0.340 e. The molecule has 4 rings (SSSR count). The molecular weight excluding hydrogens is 362 g/mol. The van der Waals surface area contributed by atoms with Gasteiger partial charge in [0.05, 0.1) is 13.0 Å². The zero-order valence-corrected chi connectivity index (χ0v) is 15.6. The second-order valence-corrected chi connectivity index (χ2v) is 7.58. The zero-order chi connectivity index (χ0) is 19.0. The van der Waals surface area contributed by atoms with Gasteiger partial charge in [0.15, 0.2) is 5.78 Å². The molecule has 0 unspecified atom stereocenters. The van der Waals surface area contributed by atoms with Crippen molar-refractivity contribution in [1.82, 2.24) is 0 Å². The number of benzene rings is 1. The third-order valence-corrected chi connectivity index (χ3v) is 5.98. The second kappa shape index (κ2) is 7.04. The second-order valence-electron chi connectivity index (χ2n) is 6.60. The highest BCUT2D eigenvalue weighted by Crippen LogP contribution is 2.47. The monoisotopic (exact) mass is 381 g/mol. The molecule has 0 spiro atoms. The number of thiophene rings is 1. The first-order valence-corrected chi connectivity index (χ1v) is 9.58. The van der Waals surface area contributed by atoms with Gasteiger partial charge in [-0.25, -0.2) is 4.79 Å². The molecule has 0 bridgehead atoms. The molecule has 0 saturated carbocycles. The van der Waals surface area contributed by atoms with E-state index in [1.54, 1.807) is 0 Å². The van der Waals surface area contributed by atoms with Crippen LogP contribution in [-0.2, 0) is 19.1 Å². The van der Waals surface area contributed by atoms with Crippen LogP contribution in [0.4, 0.5) is 0 Å². The maximum absolute atomic E-state index is 13.1. The highest BCUT2D eigenvalue weighted by atomic mass is 32.1. The Morgan fingerprint density at radius 1 is 1.19 bits per heavy atom. The highest BCUT2D eigenvalue weighted by molar-refractivity contribution is 7.10. The lowest BCUT2D eigenvalue weighted by molar-refractivity contribution is -0.136. The summed E-state index contributed by atoms with van der Waals surface area (Å²) in [7, 11) is 1.30. The Morgan fingerprint density at radius 2 is 1.96 bits per heavy atom. The minimum absolute atomic E-state index is 0.0144. The summed E-state index contributed by atoms with van der Waals surface area (Å²) in [4.78, 5) is 26.4. The van der Waals surface area contributed by atoms with Crippen LogP contribution in [0.2, 0.25) is 0 Å². The van der Waals surface area contributed by atoms with Crippen molar-refractivity contribution in [3.8, 4) is 0 Å². The Kier molecular flexibility index (Phi) is 4.58. The number of rotatable bonds is 3. The van der Waals surface area contributed by atoms with Crippen molar-refractivity contribution in [2.45, 2.75) is 24.7 Å². The summed E-state index contributed by atoms with van der Waals surface area (Å²) in [5, 5.41) is 1.91. The summed E-state index contributed by atoms with van der Waals surface area (Å²) in [5.41, 5.74) is 7.92. The van der Waals surface area contributed by atoms with Gasteiger partial charge < -0.3 is 15.2 Å². The van der Waals surface area contributed by atoms with Crippen LogP contribution >= 0.6 is 11.3 Å². The summed E-state index contributed by atoms with van der Waals surface area (Å²) >= 11 is 1.48. The molecule has 0 saturated heterocycles. The molecule has 0 fully saturated rings. The fraction of sp³-hybridized carbons (Fsp3) is 0.238. The van der Waals surface area contributed by atoms with Gasteiger partial charge in [0, 0.05) is 23.3 Å². The first-order chi connectivity index (χ1) is 13.1. The summed E-state index contributed by atoms with van der Waals surface area (Å²) in [6.07, 6.45) is 0.949. The lowest BCUT2D eigenvalue weighted by Crippen LogP contribution is -2.32. The first-order valence-electron chi connectivity index (χ1n) is 8.70. The Bertz CT molecular complexity index is 944. The third-order valence-electron chi connectivity index (χ3n) is 5.04. The zero-order valence-electron chi connectivity index (χ0n) is 14.8. The van der Waals surface area contributed by atoms with E-state index in [4.69, 9.17) is 15.2 Å². The molecule has 5 nitrogen and oxygen atoms in total. The summed E-state index contributed by atoms with van der Waals surface area (Å²) < 4.78 is 10.7. The molecule has 2 atom stereocenters. The van der Waals surface area contributed by atoms with E-state index in [0.717, 1.165) is 10.4 Å². The normalized spacial score (nSPS) is 22.3. The van der Waals surface area contributed by atoms with Crippen LogP contribution in [0.3, 0.4) is 0 Å². The van der Waals surface area contributed by atoms with Crippen molar-refractivity contribution in [2.75, 3.05) is 7.11 Å². The molecular formula is C21H19NO4S. The minimum atomic E-state index is -0.574. The quantitative estimate of drug-likeness (QED) is 0.822. The van der Waals surface area contributed by atoms with Gasteiger partial charge in [-0.1, -0.05) is 36.4 Å². The van der Waals surface area contributed by atoms with E-state index in [-0.39, 0.29) is 23.2 Å². The topological polar surface area (TPSA) is 78.6 Å². The van der Waals surface area contributed by atoms with Crippen molar-refractivity contribution in [3.63, 3.8) is 0 Å². The number of hydrogen-bond donors (Lipinski definition) is 1. The molecule has 138 valence electrons. The predicted molar refractivity (Wildman–Crippen MR) is 102 cm³/mol. The molecule has 27 heavy (non-hydrogen) atoms. The number of nitrogens with two attached hydrogens (primary N) is 1. The van der Waals surface area contributed by atoms with E-state index in [2.05, 4.69) is 0 Å². The van der Waals surface area contributed by atoms with E-state index >= 15 is 0 Å². The summed E-state index contributed by atoms with van der Waals surface area (Å²) in [5.74, 6) is -0.517. The Morgan fingerprint density at radius 3 is 2.63 bits per heavy atom. The average Bonchev–Trinajstić information content (AvgIpc) is 3.21. The van der Waals surface area contributed by atoms with Crippen LogP contribution in [0.1, 0.15) is 35.1 Å². The number of methoxy groups -OCH3 is 1. The third kappa shape index (κ3) is 3.06. The molecule has 2 N–H and O–H groups in total. The molecule has 1 aromatic carbocycles. The number of esters is 1. The molecule has 0 amide bonds.